The van der Waals surface area contributed by atoms with E-state index in [4.69, 9.17) is 9.47 Å². The topological polar surface area (TPSA) is 41.9 Å². The van der Waals surface area contributed by atoms with Gasteiger partial charge in [0.15, 0.2) is 0 Å². The molecule has 112 valence electrons. The van der Waals surface area contributed by atoms with Gasteiger partial charge in [0.2, 0.25) is 0 Å². The van der Waals surface area contributed by atoms with E-state index in [0.29, 0.717) is 6.42 Å². The summed E-state index contributed by atoms with van der Waals surface area (Å²) in [6.45, 7) is 2.38. The summed E-state index contributed by atoms with van der Waals surface area (Å²) >= 11 is 0. The molecule has 1 aliphatic heterocycles. The minimum absolute atomic E-state index is 0.0861. The van der Waals surface area contributed by atoms with Gasteiger partial charge in [-0.1, -0.05) is 12.1 Å². The lowest BCUT2D eigenvalue weighted by Gasteiger charge is -2.18. The molecule has 1 aromatic rings. The fourth-order valence-electron chi connectivity index (χ4n) is 2.61. The molecule has 1 heterocycles. The number of likely N-dealkylation sites (tertiary alicyclic amines) is 1. The number of ether oxygens (including phenoxy) is 2. The fourth-order valence-corrected chi connectivity index (χ4v) is 2.61. The Morgan fingerprint density at radius 1 is 1.20 bits per heavy atom. The van der Waals surface area contributed by atoms with E-state index in [0.717, 1.165) is 25.2 Å². The molecule has 1 saturated heterocycles. The van der Waals surface area contributed by atoms with Gasteiger partial charge in [-0.15, -0.1) is 0 Å². The number of hydrogen-bond acceptors (Lipinski definition) is 4. The molecule has 0 aromatic heterocycles. The summed E-state index contributed by atoms with van der Waals surface area (Å²) in [6, 6.07) is 5.99. The van der Waals surface area contributed by atoms with Gasteiger partial charge in [-0.2, -0.15) is 0 Å². The van der Waals surface area contributed by atoms with Crippen molar-refractivity contribution >= 4 is 0 Å². The zero-order chi connectivity index (χ0) is 14.5. The highest BCUT2D eigenvalue weighted by molar-refractivity contribution is 5.18. The Bertz CT molecular complexity index is 400. The average Bonchev–Trinajstić information content (AvgIpc) is 2.88. The second-order valence-corrected chi connectivity index (χ2v) is 5.16. The van der Waals surface area contributed by atoms with Crippen molar-refractivity contribution in [3.8, 4) is 0 Å². The van der Waals surface area contributed by atoms with Crippen molar-refractivity contribution in [1.82, 2.24) is 4.90 Å². The van der Waals surface area contributed by atoms with Crippen molar-refractivity contribution in [2.45, 2.75) is 24.7 Å². The lowest BCUT2D eigenvalue weighted by molar-refractivity contribution is -0.00461. The molecule has 2 rings (SSSR count). The second-order valence-electron chi connectivity index (χ2n) is 5.16. The van der Waals surface area contributed by atoms with Crippen LogP contribution in [-0.4, -0.2) is 56.1 Å². The molecular weight excluding hydrogens is 261 g/mol. The summed E-state index contributed by atoms with van der Waals surface area (Å²) in [5, 5.41) is 10.1. The predicted molar refractivity (Wildman–Crippen MR) is 74.0 cm³/mol. The van der Waals surface area contributed by atoms with Crippen LogP contribution in [0, 0.1) is 5.82 Å². The summed E-state index contributed by atoms with van der Waals surface area (Å²) < 4.78 is 23.6. The molecule has 5 heteroatoms. The molecule has 1 aromatic carbocycles. The maximum atomic E-state index is 12.8. The van der Waals surface area contributed by atoms with E-state index in [1.54, 1.807) is 26.4 Å². The van der Waals surface area contributed by atoms with Crippen LogP contribution in [0.2, 0.25) is 0 Å². The van der Waals surface area contributed by atoms with Crippen molar-refractivity contribution in [2.24, 2.45) is 0 Å². The third-order valence-electron chi connectivity index (χ3n) is 3.87. The number of methoxy groups -OCH3 is 2. The van der Waals surface area contributed by atoms with E-state index in [-0.39, 0.29) is 18.0 Å². The van der Waals surface area contributed by atoms with Crippen LogP contribution < -0.4 is 0 Å². The molecule has 0 amide bonds. The maximum Gasteiger partial charge on any atom is 0.123 e. The standard InChI is InChI=1S/C15H22FNO3/c1-19-14-9-17(10-15(14)20-2)8-7-13(18)11-3-5-12(16)6-4-11/h3-6,13-15,18H,7-10H2,1-2H3. The van der Waals surface area contributed by atoms with Crippen LogP contribution in [0.1, 0.15) is 18.1 Å². The van der Waals surface area contributed by atoms with Gasteiger partial charge in [-0.25, -0.2) is 4.39 Å². The van der Waals surface area contributed by atoms with Crippen LogP contribution in [0.5, 0.6) is 0 Å². The molecule has 0 bridgehead atoms. The summed E-state index contributed by atoms with van der Waals surface area (Å²) in [5.41, 5.74) is 0.747. The molecule has 0 saturated carbocycles. The zero-order valence-corrected chi connectivity index (χ0v) is 12.0. The number of rotatable bonds is 6. The van der Waals surface area contributed by atoms with E-state index in [9.17, 15) is 9.50 Å². The Hall–Kier alpha value is -1.01. The summed E-state index contributed by atoms with van der Waals surface area (Å²) in [7, 11) is 3.38. The number of hydrogen-bond donors (Lipinski definition) is 1. The van der Waals surface area contributed by atoms with E-state index in [2.05, 4.69) is 4.90 Å². The Balaban J connectivity index is 1.82. The van der Waals surface area contributed by atoms with Crippen LogP contribution in [0.15, 0.2) is 24.3 Å². The van der Waals surface area contributed by atoms with Gasteiger partial charge in [-0.05, 0) is 24.1 Å². The molecular formula is C15H22FNO3. The van der Waals surface area contributed by atoms with Crippen LogP contribution in [0.25, 0.3) is 0 Å². The van der Waals surface area contributed by atoms with E-state index in [1.165, 1.54) is 12.1 Å². The SMILES string of the molecule is COC1CN(CCC(O)c2ccc(F)cc2)CC1OC. The highest BCUT2D eigenvalue weighted by atomic mass is 19.1. The first-order valence-electron chi connectivity index (χ1n) is 6.85. The third-order valence-corrected chi connectivity index (χ3v) is 3.87. The van der Waals surface area contributed by atoms with Crippen molar-refractivity contribution < 1.29 is 19.0 Å². The Kier molecular flexibility index (Phi) is 5.48. The molecule has 3 atom stereocenters. The normalized spacial score (nSPS) is 25.0. The summed E-state index contributed by atoms with van der Waals surface area (Å²) in [4.78, 5) is 2.22. The molecule has 1 N–H and O–H groups in total. The quantitative estimate of drug-likeness (QED) is 0.861. The predicted octanol–water partition coefficient (Wildman–Crippen LogP) is 1.59. The fraction of sp³-hybridized carbons (Fsp3) is 0.600. The molecule has 3 unspecified atom stereocenters. The highest BCUT2D eigenvalue weighted by Gasteiger charge is 2.32. The first kappa shape index (κ1) is 15.4. The molecule has 20 heavy (non-hydrogen) atoms. The van der Waals surface area contributed by atoms with Crippen molar-refractivity contribution in [3.05, 3.63) is 35.6 Å². The first-order valence-corrected chi connectivity index (χ1v) is 6.85. The molecule has 0 aliphatic carbocycles. The molecule has 1 fully saturated rings. The van der Waals surface area contributed by atoms with Crippen LogP contribution in [0.4, 0.5) is 4.39 Å². The van der Waals surface area contributed by atoms with Gasteiger partial charge >= 0.3 is 0 Å². The summed E-state index contributed by atoms with van der Waals surface area (Å²) in [5.74, 6) is -0.286. The van der Waals surface area contributed by atoms with Crippen LogP contribution >= 0.6 is 0 Å². The largest absolute Gasteiger partial charge is 0.388 e. The minimum atomic E-state index is -0.571. The van der Waals surface area contributed by atoms with E-state index in [1.807, 2.05) is 0 Å². The van der Waals surface area contributed by atoms with E-state index >= 15 is 0 Å². The monoisotopic (exact) mass is 283 g/mol. The second kappa shape index (κ2) is 7.13. The number of aliphatic hydroxyl groups excluding tert-OH is 1. The van der Waals surface area contributed by atoms with Crippen LogP contribution in [0.3, 0.4) is 0 Å². The van der Waals surface area contributed by atoms with Gasteiger partial charge in [0, 0.05) is 33.9 Å². The van der Waals surface area contributed by atoms with Crippen molar-refractivity contribution in [2.75, 3.05) is 33.9 Å². The Labute approximate surface area is 119 Å². The highest BCUT2D eigenvalue weighted by Crippen LogP contribution is 2.20. The average molecular weight is 283 g/mol. The number of nitrogens with zero attached hydrogens (tertiary/aromatic N) is 1. The molecule has 4 nitrogen and oxygen atoms in total. The lowest BCUT2D eigenvalue weighted by Crippen LogP contribution is -2.27. The van der Waals surface area contributed by atoms with Gasteiger partial charge in [0.05, 0.1) is 18.3 Å². The van der Waals surface area contributed by atoms with Gasteiger partial charge < -0.3 is 14.6 Å². The van der Waals surface area contributed by atoms with E-state index < -0.39 is 6.10 Å². The smallest absolute Gasteiger partial charge is 0.123 e. The Morgan fingerprint density at radius 2 is 1.75 bits per heavy atom. The lowest BCUT2D eigenvalue weighted by atomic mass is 10.1. The molecule has 0 spiro atoms. The van der Waals surface area contributed by atoms with Gasteiger partial charge in [0.1, 0.15) is 5.82 Å². The molecule has 1 aliphatic rings. The first-order chi connectivity index (χ1) is 9.63. The van der Waals surface area contributed by atoms with Crippen molar-refractivity contribution in [1.29, 1.82) is 0 Å². The minimum Gasteiger partial charge on any atom is -0.388 e. The van der Waals surface area contributed by atoms with Gasteiger partial charge in [-0.3, -0.25) is 4.90 Å². The zero-order valence-electron chi connectivity index (χ0n) is 12.0. The number of halogens is 1. The number of benzene rings is 1. The third kappa shape index (κ3) is 3.76. The number of aliphatic hydroxyl groups is 1. The summed E-state index contributed by atoms with van der Waals surface area (Å²) in [6.07, 6.45) is 0.211. The molecule has 0 radical (unpaired) electrons. The van der Waals surface area contributed by atoms with Crippen molar-refractivity contribution in [3.63, 3.8) is 0 Å². The van der Waals surface area contributed by atoms with Crippen LogP contribution in [-0.2, 0) is 9.47 Å². The maximum absolute atomic E-state index is 12.8. The van der Waals surface area contributed by atoms with Gasteiger partial charge in [0.25, 0.3) is 0 Å². The Morgan fingerprint density at radius 3 is 2.25 bits per heavy atom.